The van der Waals surface area contributed by atoms with E-state index in [1.807, 2.05) is 25.5 Å². The van der Waals surface area contributed by atoms with Gasteiger partial charge in [0.2, 0.25) is 5.78 Å². The lowest BCUT2D eigenvalue weighted by molar-refractivity contribution is -0.143. The minimum atomic E-state index is -0.769. The van der Waals surface area contributed by atoms with Crippen LogP contribution >= 0.6 is 11.6 Å². The molecule has 7 nitrogen and oxygen atoms in total. The van der Waals surface area contributed by atoms with Gasteiger partial charge in [0.05, 0.1) is 12.5 Å². The number of benzene rings is 1. The maximum atomic E-state index is 12.3. The number of Topliss-reactive ketones (excluding diaryl/α,β-unsaturated/α-hetero) is 1. The summed E-state index contributed by atoms with van der Waals surface area (Å²) >= 11 is 5.85. The Morgan fingerprint density at radius 3 is 2.37 bits per heavy atom. The maximum Gasteiger partial charge on any atom is 0.312 e. The van der Waals surface area contributed by atoms with Gasteiger partial charge >= 0.3 is 12.0 Å². The van der Waals surface area contributed by atoms with Gasteiger partial charge in [-0.2, -0.15) is 0 Å². The predicted octanol–water partition coefficient (Wildman–Crippen LogP) is 2.82. The summed E-state index contributed by atoms with van der Waals surface area (Å²) in [5.74, 6) is -0.905. The van der Waals surface area contributed by atoms with E-state index < -0.39 is 18.0 Å². The molecule has 0 aliphatic rings. The molecule has 0 saturated carbocycles. The van der Waals surface area contributed by atoms with Crippen LogP contribution in [0.3, 0.4) is 0 Å². The number of nitrogens with two attached hydrogens (primary N) is 1. The van der Waals surface area contributed by atoms with Crippen LogP contribution in [0.25, 0.3) is 0 Å². The van der Waals surface area contributed by atoms with Gasteiger partial charge in [-0.25, -0.2) is 4.79 Å². The number of halogens is 1. The van der Waals surface area contributed by atoms with Crippen LogP contribution in [0.1, 0.15) is 39.8 Å². The second-order valence-corrected chi connectivity index (χ2v) is 6.68. The number of amides is 2. The second-order valence-electron chi connectivity index (χ2n) is 6.24. The number of ether oxygens (including phenoxy) is 1. The number of primary amides is 1. The predicted molar refractivity (Wildman–Crippen MR) is 102 cm³/mol. The van der Waals surface area contributed by atoms with Crippen molar-refractivity contribution in [2.24, 2.45) is 12.8 Å². The van der Waals surface area contributed by atoms with Crippen LogP contribution in [-0.2, 0) is 16.6 Å². The zero-order valence-corrected chi connectivity index (χ0v) is 16.2. The number of aryl methyl sites for hydroxylation is 1. The molecule has 0 aliphatic carbocycles. The average Bonchev–Trinajstić information content (AvgIpc) is 2.87. The van der Waals surface area contributed by atoms with Crippen molar-refractivity contribution >= 4 is 29.4 Å². The largest absolute Gasteiger partial charge is 0.457 e. The molecule has 1 aromatic heterocycles. The van der Waals surface area contributed by atoms with Crippen molar-refractivity contribution in [3.63, 3.8) is 0 Å². The first kappa shape index (κ1) is 20.5. The Morgan fingerprint density at radius 2 is 1.85 bits per heavy atom. The molecule has 0 aliphatic heterocycles. The zero-order chi connectivity index (χ0) is 20.1. The van der Waals surface area contributed by atoms with Crippen molar-refractivity contribution in [1.29, 1.82) is 0 Å². The van der Waals surface area contributed by atoms with Crippen LogP contribution in [0.5, 0.6) is 0 Å². The van der Waals surface area contributed by atoms with Gasteiger partial charge in [0.1, 0.15) is 0 Å². The lowest BCUT2D eigenvalue weighted by Gasteiger charge is -2.17. The molecule has 2 aromatic rings. The van der Waals surface area contributed by atoms with Gasteiger partial charge in [0.15, 0.2) is 6.61 Å². The summed E-state index contributed by atoms with van der Waals surface area (Å²) in [6.07, 6.45) is -0.162. The van der Waals surface area contributed by atoms with Crippen LogP contribution in [0.4, 0.5) is 4.79 Å². The number of carbonyl (C=O) groups is 3. The fourth-order valence-electron chi connectivity index (χ4n) is 2.71. The Kier molecular flexibility index (Phi) is 6.63. The number of carbonyl (C=O) groups excluding carboxylic acids is 3. The molecule has 27 heavy (non-hydrogen) atoms. The molecule has 2 rings (SSSR count). The quantitative estimate of drug-likeness (QED) is 0.559. The highest BCUT2D eigenvalue weighted by atomic mass is 35.5. The third kappa shape index (κ3) is 5.34. The monoisotopic (exact) mass is 391 g/mol. The van der Waals surface area contributed by atoms with E-state index in [0.29, 0.717) is 16.1 Å². The number of urea groups is 1. The summed E-state index contributed by atoms with van der Waals surface area (Å²) in [6, 6.07) is 6.95. The molecule has 0 fully saturated rings. The van der Waals surface area contributed by atoms with Crippen molar-refractivity contribution < 1.29 is 19.1 Å². The number of nitrogens with one attached hydrogen (secondary N) is 1. The number of nitrogens with zero attached hydrogens (tertiary/aromatic N) is 1. The normalized spacial score (nSPS) is 11.7. The summed E-state index contributed by atoms with van der Waals surface area (Å²) < 4.78 is 6.99. The number of hydrogen-bond acceptors (Lipinski definition) is 4. The smallest absolute Gasteiger partial charge is 0.312 e. The van der Waals surface area contributed by atoms with Crippen LogP contribution in [-0.4, -0.2) is 29.0 Å². The van der Waals surface area contributed by atoms with E-state index in [4.69, 9.17) is 22.1 Å². The standard InChI is InChI=1S/C19H22ClN3O4/c1-11-8-15(12(2)23(11)3)17(24)10-27-18(25)9-16(22-19(21)26)13-4-6-14(20)7-5-13/h4-8,16H,9-10H2,1-3H3,(H3,21,22,26)/t16-/m0/s1. The highest BCUT2D eigenvalue weighted by Gasteiger charge is 2.20. The Labute approximate surface area is 162 Å². The zero-order valence-electron chi connectivity index (χ0n) is 15.4. The van der Waals surface area contributed by atoms with Gasteiger partial charge in [-0.1, -0.05) is 23.7 Å². The van der Waals surface area contributed by atoms with Gasteiger partial charge < -0.3 is 20.4 Å². The fraction of sp³-hybridized carbons (Fsp3) is 0.316. The molecule has 3 N–H and O–H groups in total. The summed E-state index contributed by atoms with van der Waals surface area (Å²) in [7, 11) is 1.86. The number of rotatable bonds is 7. The summed E-state index contributed by atoms with van der Waals surface area (Å²) in [5, 5.41) is 3.02. The minimum Gasteiger partial charge on any atom is -0.457 e. The van der Waals surface area contributed by atoms with E-state index in [1.165, 1.54) is 0 Å². The Hall–Kier alpha value is -2.80. The van der Waals surface area contributed by atoms with Gasteiger partial charge in [-0.3, -0.25) is 9.59 Å². The molecule has 0 saturated heterocycles. The molecule has 0 unspecified atom stereocenters. The molecule has 1 aromatic carbocycles. The van der Waals surface area contributed by atoms with Gasteiger partial charge in [0, 0.05) is 29.0 Å². The van der Waals surface area contributed by atoms with Crippen molar-refractivity contribution in [1.82, 2.24) is 9.88 Å². The summed E-state index contributed by atoms with van der Waals surface area (Å²) in [4.78, 5) is 35.7. The SMILES string of the molecule is Cc1cc(C(=O)COC(=O)C[C@H](NC(N)=O)c2ccc(Cl)cc2)c(C)n1C. The molecular weight excluding hydrogens is 370 g/mol. The van der Waals surface area contributed by atoms with Crippen molar-refractivity contribution in [2.75, 3.05) is 6.61 Å². The topological polar surface area (TPSA) is 103 Å². The highest BCUT2D eigenvalue weighted by Crippen LogP contribution is 2.20. The second kappa shape index (κ2) is 8.73. The summed E-state index contributed by atoms with van der Waals surface area (Å²) in [5.41, 5.74) is 8.10. The molecule has 0 bridgehead atoms. The van der Waals surface area contributed by atoms with E-state index >= 15 is 0 Å². The molecule has 2 amide bonds. The Bertz CT molecular complexity index is 859. The Balaban J connectivity index is 2.00. The molecule has 144 valence electrons. The first-order valence-electron chi connectivity index (χ1n) is 8.32. The van der Waals surface area contributed by atoms with Crippen molar-refractivity contribution in [3.8, 4) is 0 Å². The van der Waals surface area contributed by atoms with Crippen LogP contribution in [0.2, 0.25) is 5.02 Å². The average molecular weight is 392 g/mol. The van der Waals surface area contributed by atoms with Gasteiger partial charge in [-0.15, -0.1) is 0 Å². The first-order valence-corrected chi connectivity index (χ1v) is 8.70. The maximum absolute atomic E-state index is 12.3. The van der Waals surface area contributed by atoms with Gasteiger partial charge in [0.25, 0.3) is 0 Å². The van der Waals surface area contributed by atoms with E-state index in [9.17, 15) is 14.4 Å². The lowest BCUT2D eigenvalue weighted by atomic mass is 10.0. The van der Waals surface area contributed by atoms with Crippen LogP contribution < -0.4 is 11.1 Å². The molecule has 0 radical (unpaired) electrons. The fourth-order valence-corrected chi connectivity index (χ4v) is 2.83. The first-order chi connectivity index (χ1) is 12.7. The number of aromatic nitrogens is 1. The van der Waals surface area contributed by atoms with E-state index in [0.717, 1.165) is 11.4 Å². The lowest BCUT2D eigenvalue weighted by Crippen LogP contribution is -2.34. The van der Waals surface area contributed by atoms with E-state index in [-0.39, 0.29) is 18.8 Å². The molecular formula is C19H22ClN3O4. The Morgan fingerprint density at radius 1 is 1.22 bits per heavy atom. The third-order valence-electron chi connectivity index (χ3n) is 4.40. The third-order valence-corrected chi connectivity index (χ3v) is 4.65. The van der Waals surface area contributed by atoms with E-state index in [2.05, 4.69) is 5.32 Å². The minimum absolute atomic E-state index is 0.162. The molecule has 8 heteroatoms. The number of esters is 1. The van der Waals surface area contributed by atoms with Crippen LogP contribution in [0, 0.1) is 13.8 Å². The highest BCUT2D eigenvalue weighted by molar-refractivity contribution is 6.30. The van der Waals surface area contributed by atoms with Crippen LogP contribution in [0.15, 0.2) is 30.3 Å². The molecule has 1 atom stereocenters. The molecule has 0 spiro atoms. The molecule has 1 heterocycles. The number of ketones is 1. The van der Waals surface area contributed by atoms with Crippen molar-refractivity contribution in [2.45, 2.75) is 26.3 Å². The van der Waals surface area contributed by atoms with E-state index in [1.54, 1.807) is 30.3 Å². The number of hydrogen-bond donors (Lipinski definition) is 2. The summed E-state index contributed by atoms with van der Waals surface area (Å²) in [6.45, 7) is 3.35. The van der Waals surface area contributed by atoms with Gasteiger partial charge in [-0.05, 0) is 37.6 Å². The van der Waals surface area contributed by atoms with Crippen molar-refractivity contribution in [3.05, 3.63) is 57.9 Å².